The summed E-state index contributed by atoms with van der Waals surface area (Å²) in [5.74, 6) is 0.340. The van der Waals surface area contributed by atoms with Crippen molar-refractivity contribution in [2.45, 2.75) is 18.2 Å². The minimum Gasteiger partial charge on any atom is -0.497 e. The number of rotatable bonds is 5. The first-order valence-corrected chi connectivity index (χ1v) is 11.0. The van der Waals surface area contributed by atoms with Crippen molar-refractivity contribution in [2.24, 2.45) is 0 Å². The third-order valence-electron chi connectivity index (χ3n) is 5.15. The molecule has 6 nitrogen and oxygen atoms in total. The Bertz CT molecular complexity index is 1200. The number of nitrogens with one attached hydrogen (secondary N) is 1. The van der Waals surface area contributed by atoms with Gasteiger partial charge >= 0.3 is 0 Å². The second-order valence-corrected chi connectivity index (χ2v) is 8.99. The molecule has 1 amide bonds. The lowest BCUT2D eigenvalue weighted by Gasteiger charge is -2.20. The van der Waals surface area contributed by atoms with E-state index in [2.05, 4.69) is 5.32 Å². The molecule has 0 unspecified atom stereocenters. The molecule has 1 N–H and O–H groups in total. The zero-order valence-electron chi connectivity index (χ0n) is 16.8. The predicted octanol–water partition coefficient (Wildman–Crippen LogP) is 4.01. The van der Waals surface area contributed by atoms with Crippen LogP contribution in [0.25, 0.3) is 0 Å². The number of benzene rings is 3. The molecule has 0 aliphatic carbocycles. The van der Waals surface area contributed by atoms with Gasteiger partial charge in [0.2, 0.25) is 0 Å². The van der Waals surface area contributed by atoms with E-state index in [1.807, 2.05) is 31.2 Å². The Morgan fingerprint density at radius 1 is 1.03 bits per heavy atom. The Labute approximate surface area is 176 Å². The maximum atomic E-state index is 13.2. The highest BCUT2D eigenvalue weighted by Crippen LogP contribution is 2.35. The summed E-state index contributed by atoms with van der Waals surface area (Å²) < 4.78 is 32.9. The Kier molecular flexibility index (Phi) is 5.22. The summed E-state index contributed by atoms with van der Waals surface area (Å²) in [5.41, 5.74) is 3.52. The van der Waals surface area contributed by atoms with Gasteiger partial charge in [0.15, 0.2) is 0 Å². The molecule has 1 aliphatic rings. The summed E-state index contributed by atoms with van der Waals surface area (Å²) in [4.78, 5) is 13.1. The van der Waals surface area contributed by atoms with Crippen molar-refractivity contribution in [2.75, 3.05) is 23.3 Å². The third-order valence-corrected chi connectivity index (χ3v) is 6.98. The Balaban J connectivity index is 1.65. The van der Waals surface area contributed by atoms with E-state index in [1.54, 1.807) is 30.3 Å². The van der Waals surface area contributed by atoms with E-state index in [4.69, 9.17) is 4.74 Å². The van der Waals surface area contributed by atoms with E-state index in [1.165, 1.54) is 23.5 Å². The SMILES string of the molecule is COc1ccc(S(=O)(=O)N2CCc3c(C(=O)Nc4cccc(C)c4)cccc32)cc1. The van der Waals surface area contributed by atoms with E-state index >= 15 is 0 Å². The minimum absolute atomic E-state index is 0.186. The molecule has 0 spiro atoms. The average Bonchev–Trinajstić information content (AvgIpc) is 3.19. The van der Waals surface area contributed by atoms with Crippen molar-refractivity contribution >= 4 is 27.3 Å². The lowest BCUT2D eigenvalue weighted by atomic mass is 10.0. The summed E-state index contributed by atoms with van der Waals surface area (Å²) in [7, 11) is -2.21. The maximum absolute atomic E-state index is 13.2. The summed E-state index contributed by atoms with van der Waals surface area (Å²) in [6.07, 6.45) is 0.474. The fourth-order valence-electron chi connectivity index (χ4n) is 3.66. The van der Waals surface area contributed by atoms with E-state index in [9.17, 15) is 13.2 Å². The molecule has 154 valence electrons. The number of carbonyl (C=O) groups excluding carboxylic acids is 1. The number of hydrogen-bond acceptors (Lipinski definition) is 4. The normalized spacial score (nSPS) is 13.1. The van der Waals surface area contributed by atoms with E-state index in [0.29, 0.717) is 35.7 Å². The van der Waals surface area contributed by atoms with Crippen LogP contribution < -0.4 is 14.4 Å². The molecule has 3 aromatic rings. The third kappa shape index (κ3) is 3.64. The zero-order valence-corrected chi connectivity index (χ0v) is 17.6. The maximum Gasteiger partial charge on any atom is 0.264 e. The first-order chi connectivity index (χ1) is 14.4. The number of ether oxygens (including phenoxy) is 1. The van der Waals surface area contributed by atoms with Crippen molar-refractivity contribution in [1.82, 2.24) is 0 Å². The topological polar surface area (TPSA) is 75.7 Å². The number of aryl methyl sites for hydroxylation is 1. The van der Waals surface area contributed by atoms with Crippen LogP contribution in [0.1, 0.15) is 21.5 Å². The number of sulfonamides is 1. The van der Waals surface area contributed by atoms with Gasteiger partial charge in [0.05, 0.1) is 17.7 Å². The summed E-state index contributed by atoms with van der Waals surface area (Å²) in [6.45, 7) is 2.25. The first kappa shape index (κ1) is 20.0. The molecule has 1 aliphatic heterocycles. The van der Waals surface area contributed by atoms with Crippen LogP contribution in [0, 0.1) is 6.92 Å². The van der Waals surface area contributed by atoms with Gasteiger partial charge in [-0.15, -0.1) is 0 Å². The van der Waals surface area contributed by atoms with Gasteiger partial charge in [0, 0.05) is 17.8 Å². The Morgan fingerprint density at radius 3 is 2.47 bits per heavy atom. The van der Waals surface area contributed by atoms with Gasteiger partial charge in [-0.1, -0.05) is 18.2 Å². The lowest BCUT2D eigenvalue weighted by Crippen LogP contribution is -2.29. The highest BCUT2D eigenvalue weighted by atomic mass is 32.2. The second kappa shape index (κ2) is 7.84. The standard InChI is InChI=1S/C23H22N2O4S/c1-16-5-3-6-17(15-16)24-23(26)21-7-4-8-22-20(21)13-14-25(22)30(27,28)19-11-9-18(29-2)10-12-19/h3-12,15H,13-14H2,1-2H3,(H,24,26). The van der Waals surface area contributed by atoms with Crippen molar-refractivity contribution in [3.63, 3.8) is 0 Å². The van der Waals surface area contributed by atoms with E-state index in [0.717, 1.165) is 11.1 Å². The van der Waals surface area contributed by atoms with Gasteiger partial charge < -0.3 is 10.1 Å². The fourth-order valence-corrected chi connectivity index (χ4v) is 5.16. The summed E-state index contributed by atoms with van der Waals surface area (Å²) in [5, 5.41) is 2.91. The Hall–Kier alpha value is -3.32. The molecule has 0 fully saturated rings. The van der Waals surface area contributed by atoms with Gasteiger partial charge in [-0.25, -0.2) is 8.42 Å². The molecule has 3 aromatic carbocycles. The van der Waals surface area contributed by atoms with Gasteiger partial charge in [-0.2, -0.15) is 0 Å². The Morgan fingerprint density at radius 2 is 1.77 bits per heavy atom. The van der Waals surface area contributed by atoms with Crippen LogP contribution in [0.5, 0.6) is 5.75 Å². The number of carbonyl (C=O) groups is 1. The molecule has 0 aromatic heterocycles. The van der Waals surface area contributed by atoms with Crippen molar-refractivity contribution in [1.29, 1.82) is 0 Å². The number of methoxy groups -OCH3 is 1. The summed E-state index contributed by atoms with van der Waals surface area (Å²) >= 11 is 0. The highest BCUT2D eigenvalue weighted by Gasteiger charge is 2.33. The zero-order chi connectivity index (χ0) is 21.3. The van der Waals surface area contributed by atoms with Crippen LogP contribution >= 0.6 is 0 Å². The van der Waals surface area contributed by atoms with Crippen LogP contribution in [0.3, 0.4) is 0 Å². The van der Waals surface area contributed by atoms with Crippen molar-refractivity contribution < 1.29 is 17.9 Å². The van der Waals surface area contributed by atoms with Crippen LogP contribution in [0.4, 0.5) is 11.4 Å². The molecule has 0 radical (unpaired) electrons. The molecule has 1 heterocycles. The first-order valence-electron chi connectivity index (χ1n) is 9.57. The molecular weight excluding hydrogens is 400 g/mol. The summed E-state index contributed by atoms with van der Waals surface area (Å²) in [6, 6.07) is 19.0. The molecule has 7 heteroatoms. The van der Waals surface area contributed by atoms with Gasteiger partial charge in [0.1, 0.15) is 5.75 Å². The lowest BCUT2D eigenvalue weighted by molar-refractivity contribution is 0.102. The average molecular weight is 423 g/mol. The predicted molar refractivity (Wildman–Crippen MR) is 117 cm³/mol. The minimum atomic E-state index is -3.74. The molecule has 0 saturated heterocycles. The van der Waals surface area contributed by atoms with Crippen LogP contribution in [0.2, 0.25) is 0 Å². The number of hydrogen-bond donors (Lipinski definition) is 1. The molecule has 0 bridgehead atoms. The molecular formula is C23H22N2O4S. The van der Waals surface area contributed by atoms with Gasteiger partial charge in [-0.05, 0) is 73.0 Å². The monoisotopic (exact) mass is 422 g/mol. The molecule has 0 atom stereocenters. The van der Waals surface area contributed by atoms with Crippen molar-refractivity contribution in [3.05, 3.63) is 83.4 Å². The van der Waals surface area contributed by atoms with Crippen LogP contribution in [-0.4, -0.2) is 28.0 Å². The molecule has 4 rings (SSSR count). The highest BCUT2D eigenvalue weighted by molar-refractivity contribution is 7.92. The fraction of sp³-hybridized carbons (Fsp3) is 0.174. The largest absolute Gasteiger partial charge is 0.497 e. The van der Waals surface area contributed by atoms with Gasteiger partial charge in [0.25, 0.3) is 15.9 Å². The molecule has 0 saturated carbocycles. The second-order valence-electron chi connectivity index (χ2n) is 7.13. The number of fused-ring (bicyclic) bond motifs is 1. The van der Waals surface area contributed by atoms with Crippen molar-refractivity contribution in [3.8, 4) is 5.75 Å². The number of nitrogens with zero attached hydrogens (tertiary/aromatic N) is 1. The van der Waals surface area contributed by atoms with E-state index in [-0.39, 0.29) is 10.8 Å². The number of anilines is 2. The van der Waals surface area contributed by atoms with Crippen LogP contribution in [0.15, 0.2) is 71.6 Å². The number of amides is 1. The van der Waals surface area contributed by atoms with Crippen LogP contribution in [-0.2, 0) is 16.4 Å². The quantitative estimate of drug-likeness (QED) is 0.674. The van der Waals surface area contributed by atoms with Gasteiger partial charge in [-0.3, -0.25) is 9.10 Å². The molecule has 30 heavy (non-hydrogen) atoms. The smallest absolute Gasteiger partial charge is 0.264 e. The van der Waals surface area contributed by atoms with E-state index < -0.39 is 10.0 Å².